The van der Waals surface area contributed by atoms with Gasteiger partial charge in [-0.2, -0.15) is 0 Å². The first-order valence-corrected chi connectivity index (χ1v) is 3.47. The summed E-state index contributed by atoms with van der Waals surface area (Å²) in [6, 6.07) is 0. The third-order valence-electron chi connectivity index (χ3n) is 1.39. The first-order chi connectivity index (χ1) is 4.55. The summed E-state index contributed by atoms with van der Waals surface area (Å²) in [5.41, 5.74) is 0. The van der Waals surface area contributed by atoms with Gasteiger partial charge in [-0.3, -0.25) is 0 Å². The summed E-state index contributed by atoms with van der Waals surface area (Å²) in [6.07, 6.45) is -1.45. The van der Waals surface area contributed by atoms with Gasteiger partial charge in [0.15, 0.2) is 0 Å². The molecule has 4 nitrogen and oxygen atoms in total. The number of ether oxygens (including phenoxy) is 1. The Labute approximate surface area is 66.6 Å². The minimum absolute atomic E-state index is 0.0538. The molecule has 1 rings (SSSR count). The topological polar surface area (TPSA) is 69.9 Å². The number of aliphatic hydroxyl groups excluding tert-OH is 2. The molecule has 1 fully saturated rings. The van der Waals surface area contributed by atoms with Crippen LogP contribution in [0.4, 0.5) is 0 Å². The van der Waals surface area contributed by atoms with E-state index in [-0.39, 0.29) is 13.0 Å². The average Bonchev–Trinajstić information content (AvgIpc) is 2.05. The van der Waals surface area contributed by atoms with Gasteiger partial charge in [-0.15, -0.1) is 0 Å². The third-order valence-corrected chi connectivity index (χ3v) is 1.75. The molecule has 0 spiro atoms. The van der Waals surface area contributed by atoms with E-state index >= 15 is 0 Å². The van der Waals surface area contributed by atoms with Gasteiger partial charge in [0.25, 0.3) is 0 Å². The summed E-state index contributed by atoms with van der Waals surface area (Å²) in [4.78, 5) is 0. The third kappa shape index (κ3) is 1.69. The predicted molar refractivity (Wildman–Crippen MR) is 27.5 cm³/mol. The Morgan fingerprint density at radius 3 is 2.50 bits per heavy atom. The molecule has 61 valence electrons. The molecule has 3 N–H and O–H groups in total. The minimum atomic E-state index is -1.52. The molecule has 5 heteroatoms. The van der Waals surface area contributed by atoms with Crippen molar-refractivity contribution in [1.29, 1.82) is 0 Å². The molecule has 0 aliphatic carbocycles. The Kier molecular flexibility index (Phi) is 2.34. The zero-order valence-corrected chi connectivity index (χ0v) is 6.28. The molecule has 0 aromatic heterocycles. The van der Waals surface area contributed by atoms with Gasteiger partial charge in [0, 0.05) is 0 Å². The van der Waals surface area contributed by atoms with Gasteiger partial charge in [-0.1, -0.05) is 0 Å². The van der Waals surface area contributed by atoms with E-state index in [1.54, 1.807) is 0 Å². The SMILES string of the molecule is OC[C@H]1O[C@](O)([Fe])C[C@@H]1O. The van der Waals surface area contributed by atoms with E-state index in [1.807, 2.05) is 0 Å². The molecule has 10 heavy (non-hydrogen) atoms. The van der Waals surface area contributed by atoms with Crippen molar-refractivity contribution in [3.05, 3.63) is 0 Å². The fraction of sp³-hybridized carbons (Fsp3) is 1.00. The number of aliphatic hydroxyl groups is 3. The second-order valence-corrected chi connectivity index (χ2v) is 3.14. The van der Waals surface area contributed by atoms with Gasteiger partial charge in [-0.25, -0.2) is 0 Å². The molecule has 0 amide bonds. The van der Waals surface area contributed by atoms with Crippen molar-refractivity contribution in [2.45, 2.75) is 23.3 Å². The fourth-order valence-electron chi connectivity index (χ4n) is 0.898. The van der Waals surface area contributed by atoms with Crippen LogP contribution in [0.5, 0.6) is 0 Å². The van der Waals surface area contributed by atoms with Crippen LogP contribution in [0, 0.1) is 0 Å². The van der Waals surface area contributed by atoms with E-state index in [1.165, 1.54) is 0 Å². The van der Waals surface area contributed by atoms with Crippen molar-refractivity contribution in [1.82, 2.24) is 0 Å². The molecule has 0 unspecified atom stereocenters. The van der Waals surface area contributed by atoms with Gasteiger partial charge in [0.2, 0.25) is 0 Å². The standard InChI is InChI=1S/C5H9O4.Fe/c6-2-4-3(7)1-5(8)9-4;/h3-4,6-8H,1-2H2;/t3-,4+;/m0./s1. The van der Waals surface area contributed by atoms with Crippen molar-refractivity contribution in [2.24, 2.45) is 0 Å². The van der Waals surface area contributed by atoms with Crippen molar-refractivity contribution >= 4 is 0 Å². The Morgan fingerprint density at radius 1 is 1.70 bits per heavy atom. The summed E-state index contributed by atoms with van der Waals surface area (Å²) in [5, 5.41) is 26.6. The maximum absolute atomic E-state index is 9.06. The van der Waals surface area contributed by atoms with E-state index in [0.29, 0.717) is 0 Å². The molecular weight excluding hydrogens is 180 g/mol. The fourth-order valence-corrected chi connectivity index (χ4v) is 1.30. The summed E-state index contributed by atoms with van der Waals surface area (Å²) in [7, 11) is 0. The van der Waals surface area contributed by atoms with Crippen molar-refractivity contribution in [2.75, 3.05) is 6.61 Å². The molecule has 1 aliphatic heterocycles. The molecule has 1 saturated heterocycles. The molecule has 1 heterocycles. The zero-order chi connectivity index (χ0) is 7.78. The van der Waals surface area contributed by atoms with Crippen LogP contribution < -0.4 is 0 Å². The van der Waals surface area contributed by atoms with Crippen molar-refractivity contribution in [3.8, 4) is 0 Å². The van der Waals surface area contributed by atoms with E-state index < -0.39 is 16.9 Å². The van der Waals surface area contributed by atoms with E-state index in [0.717, 1.165) is 0 Å². The van der Waals surface area contributed by atoms with E-state index in [4.69, 9.17) is 20.1 Å². The summed E-state index contributed by atoms with van der Waals surface area (Å²) >= 11 is 3.28. The molecule has 0 bridgehead atoms. The normalized spacial score (nSPS) is 48.0. The van der Waals surface area contributed by atoms with Crippen molar-refractivity contribution < 1.29 is 36.1 Å². The first-order valence-electron chi connectivity index (χ1n) is 2.92. The molecule has 0 radical (unpaired) electrons. The Hall–Kier alpha value is 0.359. The van der Waals surface area contributed by atoms with Gasteiger partial charge in [-0.05, 0) is 0 Å². The van der Waals surface area contributed by atoms with Crippen LogP contribution in [0.15, 0.2) is 0 Å². The second-order valence-electron chi connectivity index (χ2n) is 2.28. The van der Waals surface area contributed by atoms with Crippen LogP contribution in [0.2, 0.25) is 0 Å². The molecule has 0 saturated carbocycles. The monoisotopic (exact) mass is 189 g/mol. The van der Waals surface area contributed by atoms with Crippen LogP contribution in [0.1, 0.15) is 6.42 Å². The van der Waals surface area contributed by atoms with Crippen LogP contribution in [0.25, 0.3) is 0 Å². The summed E-state index contributed by atoms with van der Waals surface area (Å²) in [5.74, 6) is 0. The van der Waals surface area contributed by atoms with Gasteiger partial charge in [0.05, 0.1) is 0 Å². The zero-order valence-electron chi connectivity index (χ0n) is 5.17. The molecular formula is C5H9FeO4. The van der Waals surface area contributed by atoms with E-state index in [9.17, 15) is 0 Å². The predicted octanol–water partition coefficient (Wildman–Crippen LogP) is -1.68. The van der Waals surface area contributed by atoms with Gasteiger partial charge >= 0.3 is 66.0 Å². The van der Waals surface area contributed by atoms with Gasteiger partial charge < -0.3 is 0 Å². The number of hydrogen-bond donors (Lipinski definition) is 3. The summed E-state index contributed by atoms with van der Waals surface area (Å²) in [6.45, 7) is -0.293. The molecule has 0 aromatic rings. The van der Waals surface area contributed by atoms with Crippen LogP contribution in [0.3, 0.4) is 0 Å². The number of hydrogen-bond acceptors (Lipinski definition) is 4. The average molecular weight is 189 g/mol. The first kappa shape index (κ1) is 8.46. The Bertz CT molecular complexity index is 127. The quantitative estimate of drug-likeness (QED) is 0.431. The Balaban J connectivity index is 2.52. The molecule has 3 atom stereocenters. The molecule has 1 aliphatic rings. The van der Waals surface area contributed by atoms with Crippen LogP contribution in [-0.4, -0.2) is 38.8 Å². The Morgan fingerprint density at radius 2 is 2.30 bits per heavy atom. The van der Waals surface area contributed by atoms with E-state index in [2.05, 4.69) is 16.0 Å². The van der Waals surface area contributed by atoms with Crippen LogP contribution >= 0.6 is 0 Å². The second kappa shape index (κ2) is 2.77. The summed E-state index contributed by atoms with van der Waals surface area (Å²) < 4.78 is 3.23. The van der Waals surface area contributed by atoms with Gasteiger partial charge in [0.1, 0.15) is 0 Å². The van der Waals surface area contributed by atoms with Crippen molar-refractivity contribution in [3.63, 3.8) is 0 Å². The number of rotatable bonds is 1. The molecule has 0 aromatic carbocycles. The maximum atomic E-state index is 9.06. The van der Waals surface area contributed by atoms with Crippen LogP contribution in [-0.2, 0) is 20.7 Å².